The lowest BCUT2D eigenvalue weighted by molar-refractivity contribution is -0.319. The van der Waals surface area contributed by atoms with Crippen LogP contribution in [0.4, 0.5) is 0 Å². The quantitative estimate of drug-likeness (QED) is 0.673. The van der Waals surface area contributed by atoms with Gasteiger partial charge in [-0.25, -0.2) is 9.90 Å². The highest BCUT2D eigenvalue weighted by Gasteiger charge is 2.48. The molecule has 1 aromatic carbocycles. The van der Waals surface area contributed by atoms with E-state index in [2.05, 4.69) is 31.2 Å². The van der Waals surface area contributed by atoms with Crippen LogP contribution in [0.2, 0.25) is 0 Å². The number of aryl methyl sites for hydroxylation is 1. The number of carbonyl (C=O) groups excluding carboxylic acids is 1. The number of carbonyl (C=O) groups is 1. The molecule has 0 aliphatic carbocycles. The van der Waals surface area contributed by atoms with Crippen LogP contribution in [-0.4, -0.2) is 29.9 Å². The molecule has 24 heavy (non-hydrogen) atoms. The van der Waals surface area contributed by atoms with Crippen LogP contribution in [0.1, 0.15) is 57.4 Å². The lowest BCUT2D eigenvalue weighted by Gasteiger charge is -2.47. The van der Waals surface area contributed by atoms with Crippen LogP contribution in [0, 0.1) is 5.92 Å². The number of β-lactam (4-membered cyclic amide) rings is 1. The SMILES string of the molecule is CCC[C@H]1[C@@H](CCCc2ccccc2)C(=O)N1OC1CCCCO1. The summed E-state index contributed by atoms with van der Waals surface area (Å²) in [6, 6.07) is 10.7. The Hall–Kier alpha value is -1.39. The standard InChI is InChI=1S/C20H29NO3/c1-2-9-18-17(13-8-12-16-10-4-3-5-11-16)20(22)21(18)24-19-14-6-7-15-23-19/h3-5,10-11,17-19H,2,6-9,12-15H2,1H3/t17-,18+,19?/m1/s1. The van der Waals surface area contributed by atoms with Crippen molar-refractivity contribution in [1.29, 1.82) is 0 Å². The third-order valence-electron chi connectivity index (χ3n) is 5.08. The van der Waals surface area contributed by atoms with E-state index >= 15 is 0 Å². The summed E-state index contributed by atoms with van der Waals surface area (Å²) in [4.78, 5) is 18.4. The summed E-state index contributed by atoms with van der Waals surface area (Å²) in [5, 5.41) is 1.62. The molecule has 3 atom stereocenters. The van der Waals surface area contributed by atoms with E-state index in [4.69, 9.17) is 9.57 Å². The molecular weight excluding hydrogens is 302 g/mol. The zero-order valence-electron chi connectivity index (χ0n) is 14.7. The van der Waals surface area contributed by atoms with Gasteiger partial charge in [0, 0.05) is 13.0 Å². The van der Waals surface area contributed by atoms with Crippen molar-refractivity contribution < 1.29 is 14.4 Å². The number of hydroxylamine groups is 2. The van der Waals surface area contributed by atoms with Gasteiger partial charge < -0.3 is 4.74 Å². The smallest absolute Gasteiger partial charge is 0.251 e. The molecule has 2 saturated heterocycles. The van der Waals surface area contributed by atoms with Gasteiger partial charge in [-0.1, -0.05) is 43.7 Å². The topological polar surface area (TPSA) is 38.8 Å². The van der Waals surface area contributed by atoms with Gasteiger partial charge in [0.15, 0.2) is 6.29 Å². The molecule has 1 unspecified atom stereocenters. The van der Waals surface area contributed by atoms with Crippen LogP contribution in [-0.2, 0) is 20.8 Å². The number of amides is 1. The maximum absolute atomic E-state index is 12.5. The minimum Gasteiger partial charge on any atom is -0.350 e. The van der Waals surface area contributed by atoms with Gasteiger partial charge >= 0.3 is 0 Å². The lowest BCUT2D eigenvalue weighted by atomic mass is 9.82. The lowest BCUT2D eigenvalue weighted by Crippen LogP contribution is -2.61. The summed E-state index contributed by atoms with van der Waals surface area (Å²) in [5.41, 5.74) is 1.35. The average molecular weight is 331 g/mol. The fourth-order valence-electron chi connectivity index (χ4n) is 3.72. The Bertz CT molecular complexity index is 513. The number of benzene rings is 1. The van der Waals surface area contributed by atoms with E-state index in [1.54, 1.807) is 5.06 Å². The molecule has 2 aliphatic heterocycles. The van der Waals surface area contributed by atoms with Gasteiger partial charge in [0.25, 0.3) is 5.91 Å². The van der Waals surface area contributed by atoms with Crippen molar-refractivity contribution in [2.75, 3.05) is 6.61 Å². The van der Waals surface area contributed by atoms with Crippen LogP contribution in [0.5, 0.6) is 0 Å². The Morgan fingerprint density at radius 1 is 1.21 bits per heavy atom. The van der Waals surface area contributed by atoms with Crippen molar-refractivity contribution in [3.8, 4) is 0 Å². The number of rotatable bonds is 8. The van der Waals surface area contributed by atoms with Crippen molar-refractivity contribution in [3.63, 3.8) is 0 Å². The van der Waals surface area contributed by atoms with Gasteiger partial charge in [0.1, 0.15) is 0 Å². The molecule has 4 heteroatoms. The molecule has 132 valence electrons. The van der Waals surface area contributed by atoms with Crippen LogP contribution >= 0.6 is 0 Å². The molecular formula is C20H29NO3. The third-order valence-corrected chi connectivity index (χ3v) is 5.08. The van der Waals surface area contributed by atoms with Gasteiger partial charge in [0.2, 0.25) is 0 Å². The zero-order chi connectivity index (χ0) is 16.8. The monoisotopic (exact) mass is 331 g/mol. The predicted octanol–water partition coefficient (Wildman–Crippen LogP) is 4.09. The molecule has 0 bridgehead atoms. The van der Waals surface area contributed by atoms with Crippen molar-refractivity contribution >= 4 is 5.91 Å². The predicted molar refractivity (Wildman–Crippen MR) is 93.1 cm³/mol. The first-order chi connectivity index (χ1) is 11.8. The second-order valence-electron chi connectivity index (χ2n) is 6.91. The molecule has 2 fully saturated rings. The Labute approximate surface area is 145 Å². The average Bonchev–Trinajstić information content (AvgIpc) is 2.64. The molecule has 0 saturated carbocycles. The second kappa shape index (κ2) is 8.63. The van der Waals surface area contributed by atoms with E-state index in [0.29, 0.717) is 0 Å². The van der Waals surface area contributed by atoms with Crippen LogP contribution in [0.25, 0.3) is 0 Å². The molecule has 0 spiro atoms. The maximum atomic E-state index is 12.5. The molecule has 1 amide bonds. The summed E-state index contributed by atoms with van der Waals surface area (Å²) in [6.07, 6.45) is 7.98. The number of ether oxygens (including phenoxy) is 1. The van der Waals surface area contributed by atoms with Crippen LogP contribution in [0.3, 0.4) is 0 Å². The van der Waals surface area contributed by atoms with Crippen molar-refractivity contribution in [2.45, 2.75) is 70.6 Å². The molecule has 0 N–H and O–H groups in total. The molecule has 0 aromatic heterocycles. The number of hydrogen-bond donors (Lipinski definition) is 0. The summed E-state index contributed by atoms with van der Waals surface area (Å²) < 4.78 is 5.62. The Morgan fingerprint density at radius 2 is 2.04 bits per heavy atom. The minimum absolute atomic E-state index is 0.122. The van der Waals surface area contributed by atoms with Gasteiger partial charge in [-0.3, -0.25) is 4.79 Å². The first-order valence-electron chi connectivity index (χ1n) is 9.45. The zero-order valence-corrected chi connectivity index (χ0v) is 14.7. The minimum atomic E-state index is -0.229. The normalized spacial score (nSPS) is 27.1. The van der Waals surface area contributed by atoms with Gasteiger partial charge in [0.05, 0.1) is 12.0 Å². The van der Waals surface area contributed by atoms with E-state index in [0.717, 1.165) is 58.0 Å². The molecule has 4 nitrogen and oxygen atoms in total. The summed E-state index contributed by atoms with van der Waals surface area (Å²) >= 11 is 0. The van der Waals surface area contributed by atoms with E-state index in [9.17, 15) is 4.79 Å². The maximum Gasteiger partial charge on any atom is 0.251 e. The fourth-order valence-corrected chi connectivity index (χ4v) is 3.72. The Morgan fingerprint density at radius 3 is 2.75 bits per heavy atom. The fraction of sp³-hybridized carbons (Fsp3) is 0.650. The first-order valence-corrected chi connectivity index (χ1v) is 9.45. The molecule has 0 radical (unpaired) electrons. The van der Waals surface area contributed by atoms with E-state index in [1.165, 1.54) is 5.56 Å². The van der Waals surface area contributed by atoms with Gasteiger partial charge in [-0.2, -0.15) is 0 Å². The molecule has 3 rings (SSSR count). The van der Waals surface area contributed by atoms with Gasteiger partial charge in [-0.15, -0.1) is 0 Å². The van der Waals surface area contributed by atoms with Gasteiger partial charge in [-0.05, 0) is 44.1 Å². The second-order valence-corrected chi connectivity index (χ2v) is 6.91. The highest BCUT2D eigenvalue weighted by molar-refractivity contribution is 5.84. The van der Waals surface area contributed by atoms with Crippen molar-refractivity contribution in [1.82, 2.24) is 5.06 Å². The summed E-state index contributed by atoms with van der Waals surface area (Å²) in [6.45, 7) is 2.91. The highest BCUT2D eigenvalue weighted by Crippen LogP contribution is 2.35. The Kier molecular flexibility index (Phi) is 6.27. The molecule has 1 aromatic rings. The molecule has 2 aliphatic rings. The Balaban J connectivity index is 1.48. The number of nitrogens with zero attached hydrogens (tertiary/aromatic N) is 1. The summed E-state index contributed by atoms with van der Waals surface area (Å²) in [5.74, 6) is 0.271. The van der Waals surface area contributed by atoms with E-state index in [-0.39, 0.29) is 24.2 Å². The van der Waals surface area contributed by atoms with Crippen molar-refractivity contribution in [3.05, 3.63) is 35.9 Å². The third kappa shape index (κ3) is 4.17. The molecule has 2 heterocycles. The highest BCUT2D eigenvalue weighted by atomic mass is 16.8. The number of hydrogen-bond acceptors (Lipinski definition) is 3. The van der Waals surface area contributed by atoms with Crippen LogP contribution < -0.4 is 0 Å². The van der Waals surface area contributed by atoms with E-state index < -0.39 is 0 Å². The first kappa shape index (κ1) is 17.4. The summed E-state index contributed by atoms with van der Waals surface area (Å²) in [7, 11) is 0. The van der Waals surface area contributed by atoms with E-state index in [1.807, 2.05) is 6.07 Å². The van der Waals surface area contributed by atoms with Crippen molar-refractivity contribution in [2.24, 2.45) is 5.92 Å². The largest absolute Gasteiger partial charge is 0.350 e. The van der Waals surface area contributed by atoms with Crippen LogP contribution in [0.15, 0.2) is 30.3 Å².